The van der Waals surface area contributed by atoms with Crippen LogP contribution in [0.5, 0.6) is 0 Å². The fourth-order valence-corrected chi connectivity index (χ4v) is 3.73. The first-order valence-corrected chi connectivity index (χ1v) is 8.92. The molecule has 0 aliphatic rings. The Hall–Kier alpha value is -3.59. The normalized spacial score (nSPS) is 11.3. The lowest BCUT2D eigenvalue weighted by Crippen LogP contribution is -1.97. The molecule has 3 heteroatoms. The number of hydrogen-bond donors (Lipinski definition) is 1. The summed E-state index contributed by atoms with van der Waals surface area (Å²) in [6, 6.07) is 26.2. The van der Waals surface area contributed by atoms with E-state index in [9.17, 15) is 4.79 Å². The molecule has 0 unspecified atom stereocenters. The van der Waals surface area contributed by atoms with Crippen LogP contribution >= 0.6 is 0 Å². The molecular weight excluding hydrogens is 334 g/mol. The van der Waals surface area contributed by atoms with E-state index in [0.29, 0.717) is 5.58 Å². The van der Waals surface area contributed by atoms with Gasteiger partial charge in [0.25, 0.3) is 0 Å². The smallest absolute Gasteiger partial charge is 0.336 e. The highest BCUT2D eigenvalue weighted by Crippen LogP contribution is 2.39. The predicted octanol–water partition coefficient (Wildman–Crippen LogP) is 5.92. The van der Waals surface area contributed by atoms with E-state index in [2.05, 4.69) is 35.3 Å². The lowest BCUT2D eigenvalue weighted by Gasteiger charge is -2.06. The molecule has 0 saturated carbocycles. The van der Waals surface area contributed by atoms with E-state index in [-0.39, 0.29) is 5.63 Å². The molecule has 5 aromatic rings. The van der Waals surface area contributed by atoms with Crippen LogP contribution in [0.15, 0.2) is 88.1 Å². The van der Waals surface area contributed by atoms with Gasteiger partial charge in [-0.05, 0) is 29.7 Å². The molecular formula is C24H17NO2. The molecule has 0 radical (unpaired) electrons. The maximum absolute atomic E-state index is 11.8. The SMILES string of the molecule is Cc1cc(=O)oc2cc3[nH]c(-c4ccccc4)c(-c4ccccc4)c3cc12. The van der Waals surface area contributed by atoms with Crippen LogP contribution in [0.1, 0.15) is 5.56 Å². The van der Waals surface area contributed by atoms with Crippen molar-refractivity contribution in [2.45, 2.75) is 6.92 Å². The van der Waals surface area contributed by atoms with Gasteiger partial charge in [-0.2, -0.15) is 0 Å². The van der Waals surface area contributed by atoms with E-state index in [4.69, 9.17) is 4.42 Å². The third kappa shape index (κ3) is 2.56. The first kappa shape index (κ1) is 15.6. The molecule has 0 bridgehead atoms. The number of aromatic amines is 1. The summed E-state index contributed by atoms with van der Waals surface area (Å²) >= 11 is 0. The van der Waals surface area contributed by atoms with Crippen LogP contribution in [0, 0.1) is 6.92 Å². The third-order valence-corrected chi connectivity index (χ3v) is 4.99. The first-order chi connectivity index (χ1) is 13.2. The number of hydrogen-bond acceptors (Lipinski definition) is 2. The number of rotatable bonds is 2. The number of fused-ring (bicyclic) bond motifs is 2. The maximum atomic E-state index is 11.8. The van der Waals surface area contributed by atoms with Crippen molar-refractivity contribution in [3.8, 4) is 22.4 Å². The number of benzene rings is 3. The van der Waals surface area contributed by atoms with Gasteiger partial charge in [0, 0.05) is 28.5 Å². The van der Waals surface area contributed by atoms with Gasteiger partial charge in [0.05, 0.1) is 11.2 Å². The molecule has 3 nitrogen and oxygen atoms in total. The summed E-state index contributed by atoms with van der Waals surface area (Å²) in [5.74, 6) is 0. The van der Waals surface area contributed by atoms with E-state index in [1.807, 2.05) is 49.4 Å². The van der Waals surface area contributed by atoms with Crippen LogP contribution in [0.2, 0.25) is 0 Å². The van der Waals surface area contributed by atoms with Crippen molar-refractivity contribution in [3.63, 3.8) is 0 Å². The van der Waals surface area contributed by atoms with Gasteiger partial charge in [0.2, 0.25) is 0 Å². The predicted molar refractivity (Wildman–Crippen MR) is 110 cm³/mol. The molecule has 0 amide bonds. The third-order valence-electron chi connectivity index (χ3n) is 4.99. The van der Waals surface area contributed by atoms with Gasteiger partial charge in [-0.3, -0.25) is 0 Å². The van der Waals surface area contributed by atoms with Gasteiger partial charge in [0.15, 0.2) is 0 Å². The standard InChI is InChI=1S/C24H17NO2/c1-15-12-22(26)27-21-14-20-19(13-18(15)21)23(16-8-4-2-5-9-16)24(25-20)17-10-6-3-7-11-17/h2-14,25H,1H3. The van der Waals surface area contributed by atoms with Crippen LogP contribution in [-0.2, 0) is 0 Å². The second-order valence-electron chi connectivity index (χ2n) is 6.75. The zero-order valence-corrected chi connectivity index (χ0v) is 14.8. The summed E-state index contributed by atoms with van der Waals surface area (Å²) in [7, 11) is 0. The Bertz CT molecular complexity index is 1330. The minimum Gasteiger partial charge on any atom is -0.423 e. The molecule has 3 aromatic carbocycles. The number of aromatic nitrogens is 1. The van der Waals surface area contributed by atoms with E-state index < -0.39 is 0 Å². The van der Waals surface area contributed by atoms with Crippen LogP contribution in [0.25, 0.3) is 44.3 Å². The molecule has 0 fully saturated rings. The lowest BCUT2D eigenvalue weighted by atomic mass is 9.97. The van der Waals surface area contributed by atoms with Crippen LogP contribution in [-0.4, -0.2) is 4.98 Å². The molecule has 5 rings (SSSR count). The highest BCUT2D eigenvalue weighted by molar-refractivity contribution is 6.08. The topological polar surface area (TPSA) is 46.0 Å². The fraction of sp³-hybridized carbons (Fsp3) is 0.0417. The van der Waals surface area contributed by atoms with Gasteiger partial charge in [0.1, 0.15) is 5.58 Å². The average molecular weight is 351 g/mol. The summed E-state index contributed by atoms with van der Waals surface area (Å²) in [5.41, 5.74) is 6.65. The molecule has 2 aromatic heterocycles. The van der Waals surface area contributed by atoms with Gasteiger partial charge in [-0.25, -0.2) is 4.79 Å². The second kappa shape index (κ2) is 5.99. The monoisotopic (exact) mass is 351 g/mol. The van der Waals surface area contributed by atoms with E-state index in [1.54, 1.807) is 6.07 Å². The van der Waals surface area contributed by atoms with Gasteiger partial charge >= 0.3 is 5.63 Å². The lowest BCUT2D eigenvalue weighted by molar-refractivity contribution is 0.560. The Labute approximate surface area is 155 Å². The van der Waals surface area contributed by atoms with Crippen LogP contribution in [0.3, 0.4) is 0 Å². The van der Waals surface area contributed by atoms with Gasteiger partial charge in [-0.15, -0.1) is 0 Å². The molecule has 1 N–H and O–H groups in total. The Kier molecular flexibility index (Phi) is 3.47. The molecule has 0 aliphatic carbocycles. The Morgan fingerprint density at radius 2 is 1.44 bits per heavy atom. The molecule has 0 aliphatic heterocycles. The summed E-state index contributed by atoms with van der Waals surface area (Å²) in [5, 5.41) is 2.07. The van der Waals surface area contributed by atoms with Crippen molar-refractivity contribution < 1.29 is 4.42 Å². The van der Waals surface area contributed by atoms with Crippen molar-refractivity contribution >= 4 is 21.9 Å². The van der Waals surface area contributed by atoms with Gasteiger partial charge < -0.3 is 9.40 Å². The Morgan fingerprint density at radius 3 is 2.15 bits per heavy atom. The van der Waals surface area contributed by atoms with E-state index >= 15 is 0 Å². The van der Waals surface area contributed by atoms with Crippen molar-refractivity contribution in [1.29, 1.82) is 0 Å². The average Bonchev–Trinajstić information content (AvgIpc) is 3.06. The Balaban J connectivity index is 1.93. The highest BCUT2D eigenvalue weighted by Gasteiger charge is 2.16. The van der Waals surface area contributed by atoms with Crippen molar-refractivity contribution in [2.24, 2.45) is 0 Å². The Morgan fingerprint density at radius 1 is 0.778 bits per heavy atom. The van der Waals surface area contributed by atoms with E-state index in [0.717, 1.165) is 44.2 Å². The molecule has 0 spiro atoms. The summed E-state index contributed by atoms with van der Waals surface area (Å²) in [6.07, 6.45) is 0. The molecule has 130 valence electrons. The van der Waals surface area contributed by atoms with E-state index in [1.165, 1.54) is 0 Å². The first-order valence-electron chi connectivity index (χ1n) is 8.92. The summed E-state index contributed by atoms with van der Waals surface area (Å²) < 4.78 is 5.44. The van der Waals surface area contributed by atoms with Crippen molar-refractivity contribution in [2.75, 3.05) is 0 Å². The number of nitrogens with one attached hydrogen (secondary N) is 1. The molecule has 2 heterocycles. The quantitative estimate of drug-likeness (QED) is 0.401. The molecule has 0 atom stereocenters. The number of aryl methyl sites for hydroxylation is 1. The fourth-order valence-electron chi connectivity index (χ4n) is 3.73. The zero-order chi connectivity index (χ0) is 18.4. The highest BCUT2D eigenvalue weighted by atomic mass is 16.4. The zero-order valence-electron chi connectivity index (χ0n) is 14.8. The van der Waals surface area contributed by atoms with Crippen molar-refractivity contribution in [3.05, 3.63) is 94.8 Å². The second-order valence-corrected chi connectivity index (χ2v) is 6.75. The number of H-pyrrole nitrogens is 1. The van der Waals surface area contributed by atoms with Crippen LogP contribution < -0.4 is 5.63 Å². The minimum atomic E-state index is -0.322. The molecule has 0 saturated heterocycles. The largest absolute Gasteiger partial charge is 0.423 e. The summed E-state index contributed by atoms with van der Waals surface area (Å²) in [6.45, 7) is 1.94. The molecule has 27 heavy (non-hydrogen) atoms. The van der Waals surface area contributed by atoms with Gasteiger partial charge in [-0.1, -0.05) is 60.7 Å². The van der Waals surface area contributed by atoms with Crippen LogP contribution in [0.4, 0.5) is 0 Å². The minimum absolute atomic E-state index is 0.322. The van der Waals surface area contributed by atoms with Crippen molar-refractivity contribution in [1.82, 2.24) is 4.98 Å². The maximum Gasteiger partial charge on any atom is 0.336 e. The summed E-state index contributed by atoms with van der Waals surface area (Å²) in [4.78, 5) is 15.3.